The van der Waals surface area contributed by atoms with Gasteiger partial charge in [0.15, 0.2) is 0 Å². The Bertz CT molecular complexity index is 148. The average molecular weight is 125 g/mol. The number of nitrogens with one attached hydrogen (secondary N) is 1. The van der Waals surface area contributed by atoms with Gasteiger partial charge in [-0.05, 0) is 11.6 Å². The van der Waals surface area contributed by atoms with Crippen molar-refractivity contribution in [3.8, 4) is 0 Å². The van der Waals surface area contributed by atoms with Crippen LogP contribution in [0.25, 0.3) is 0 Å². The fourth-order valence-electron chi connectivity index (χ4n) is 0.712. The molecular formula is C6H11N3. The van der Waals surface area contributed by atoms with Crippen LogP contribution in [0, 0.1) is 0 Å². The van der Waals surface area contributed by atoms with Crippen molar-refractivity contribution in [1.82, 2.24) is 10.4 Å². The molecule has 0 aromatic rings. The molecule has 1 rings (SSSR count). The third-order valence-electron chi connectivity index (χ3n) is 1.17. The lowest BCUT2D eigenvalue weighted by Crippen LogP contribution is -2.28. The van der Waals surface area contributed by atoms with E-state index >= 15 is 0 Å². The van der Waals surface area contributed by atoms with E-state index in [-0.39, 0.29) is 0 Å². The minimum Gasteiger partial charge on any atom is -0.326 e. The zero-order valence-corrected chi connectivity index (χ0v) is 5.46. The highest BCUT2D eigenvalue weighted by atomic mass is 15.5. The van der Waals surface area contributed by atoms with Crippen molar-refractivity contribution >= 4 is 0 Å². The van der Waals surface area contributed by atoms with Crippen molar-refractivity contribution < 1.29 is 0 Å². The fourth-order valence-corrected chi connectivity index (χ4v) is 0.712. The van der Waals surface area contributed by atoms with Gasteiger partial charge < -0.3 is 11.2 Å². The van der Waals surface area contributed by atoms with Gasteiger partial charge in [0.25, 0.3) is 0 Å². The third kappa shape index (κ3) is 1.47. The van der Waals surface area contributed by atoms with Crippen LogP contribution in [-0.2, 0) is 0 Å². The van der Waals surface area contributed by atoms with Crippen LogP contribution < -0.4 is 11.2 Å². The molecule has 1 aliphatic heterocycles. The second kappa shape index (κ2) is 2.55. The molecule has 50 valence electrons. The van der Waals surface area contributed by atoms with E-state index in [1.807, 2.05) is 30.5 Å². The summed E-state index contributed by atoms with van der Waals surface area (Å²) in [4.78, 5) is 0. The van der Waals surface area contributed by atoms with Gasteiger partial charge in [-0.15, -0.1) is 0 Å². The smallest absolute Gasteiger partial charge is 0.0274 e. The predicted octanol–water partition coefficient (Wildman–Crippen LogP) is -0.207. The van der Waals surface area contributed by atoms with Crippen molar-refractivity contribution in [2.45, 2.75) is 0 Å². The minimum absolute atomic E-state index is 0.600. The van der Waals surface area contributed by atoms with Crippen LogP contribution in [-0.4, -0.2) is 18.6 Å². The first kappa shape index (κ1) is 6.16. The lowest BCUT2D eigenvalue weighted by molar-refractivity contribution is 0.378. The third-order valence-corrected chi connectivity index (χ3v) is 1.17. The Labute approximate surface area is 54.8 Å². The molecule has 0 aromatic carbocycles. The minimum atomic E-state index is 0.600. The summed E-state index contributed by atoms with van der Waals surface area (Å²) in [5, 5.41) is 1.86. The normalized spacial score (nSPS) is 17.1. The SMILES string of the molecule is CN1C=C(CN)C=CN1. The van der Waals surface area contributed by atoms with E-state index in [1.54, 1.807) is 0 Å². The first-order chi connectivity index (χ1) is 4.33. The van der Waals surface area contributed by atoms with Crippen LogP contribution in [0.1, 0.15) is 0 Å². The maximum absolute atomic E-state index is 5.39. The maximum Gasteiger partial charge on any atom is 0.0274 e. The topological polar surface area (TPSA) is 41.3 Å². The molecule has 3 heteroatoms. The first-order valence-electron chi connectivity index (χ1n) is 2.89. The number of nitrogens with two attached hydrogens (primary N) is 1. The summed E-state index contributed by atoms with van der Waals surface area (Å²) in [5.74, 6) is 0. The fraction of sp³-hybridized carbons (Fsp3) is 0.333. The average Bonchev–Trinajstić information content (AvgIpc) is 1.88. The van der Waals surface area contributed by atoms with Gasteiger partial charge in [0, 0.05) is 26.0 Å². The van der Waals surface area contributed by atoms with Gasteiger partial charge >= 0.3 is 0 Å². The molecule has 3 nitrogen and oxygen atoms in total. The first-order valence-corrected chi connectivity index (χ1v) is 2.89. The highest BCUT2D eigenvalue weighted by Crippen LogP contribution is 1.98. The van der Waals surface area contributed by atoms with Crippen LogP contribution >= 0.6 is 0 Å². The van der Waals surface area contributed by atoms with Gasteiger partial charge in [0.2, 0.25) is 0 Å². The van der Waals surface area contributed by atoms with Crippen molar-refractivity contribution in [2.24, 2.45) is 5.73 Å². The number of hydrazine groups is 1. The predicted molar refractivity (Wildman–Crippen MR) is 37.2 cm³/mol. The molecule has 0 atom stereocenters. The van der Waals surface area contributed by atoms with Crippen LogP contribution in [0.15, 0.2) is 24.0 Å². The van der Waals surface area contributed by atoms with Crippen LogP contribution in [0.5, 0.6) is 0 Å². The monoisotopic (exact) mass is 125 g/mol. The van der Waals surface area contributed by atoms with Crippen LogP contribution in [0.3, 0.4) is 0 Å². The molecule has 0 saturated heterocycles. The van der Waals surface area contributed by atoms with E-state index in [0.717, 1.165) is 5.57 Å². The molecule has 1 heterocycles. The number of hydrogen-bond donors (Lipinski definition) is 2. The van der Waals surface area contributed by atoms with Crippen LogP contribution in [0.2, 0.25) is 0 Å². The number of rotatable bonds is 1. The van der Waals surface area contributed by atoms with E-state index in [4.69, 9.17) is 5.73 Å². The van der Waals surface area contributed by atoms with Gasteiger partial charge in [0.05, 0.1) is 0 Å². The molecule has 0 bridgehead atoms. The van der Waals surface area contributed by atoms with E-state index in [0.29, 0.717) is 6.54 Å². The lowest BCUT2D eigenvalue weighted by Gasteiger charge is -2.18. The Balaban J connectivity index is 2.59. The standard InChI is InChI=1S/C6H11N3/c1-9-5-6(4-7)2-3-8-9/h2-3,5,8H,4,7H2,1H3. The van der Waals surface area contributed by atoms with Gasteiger partial charge in [-0.2, -0.15) is 0 Å². The largest absolute Gasteiger partial charge is 0.326 e. The number of hydrogen-bond acceptors (Lipinski definition) is 3. The van der Waals surface area contributed by atoms with Crippen molar-refractivity contribution in [3.63, 3.8) is 0 Å². The summed E-state index contributed by atoms with van der Waals surface area (Å²) in [7, 11) is 1.93. The summed E-state index contributed by atoms with van der Waals surface area (Å²) >= 11 is 0. The Morgan fingerprint density at radius 1 is 1.78 bits per heavy atom. The molecule has 1 aliphatic rings. The molecule has 0 aromatic heterocycles. The second-order valence-electron chi connectivity index (χ2n) is 1.98. The molecule has 0 aliphatic carbocycles. The van der Waals surface area contributed by atoms with Crippen molar-refractivity contribution in [3.05, 3.63) is 24.0 Å². The summed E-state index contributed by atoms with van der Waals surface area (Å²) in [5.41, 5.74) is 9.49. The Morgan fingerprint density at radius 3 is 3.00 bits per heavy atom. The molecule has 0 radical (unpaired) electrons. The summed E-state index contributed by atoms with van der Waals surface area (Å²) in [6, 6.07) is 0. The van der Waals surface area contributed by atoms with E-state index in [9.17, 15) is 0 Å². The number of nitrogens with zero attached hydrogens (tertiary/aromatic N) is 1. The molecule has 0 spiro atoms. The Kier molecular flexibility index (Phi) is 1.75. The van der Waals surface area contributed by atoms with E-state index in [1.165, 1.54) is 0 Å². The highest BCUT2D eigenvalue weighted by molar-refractivity contribution is 5.20. The van der Waals surface area contributed by atoms with Gasteiger partial charge in [-0.1, -0.05) is 0 Å². The van der Waals surface area contributed by atoms with Gasteiger partial charge in [-0.25, -0.2) is 0 Å². The highest BCUT2D eigenvalue weighted by Gasteiger charge is 1.95. The van der Waals surface area contributed by atoms with Crippen molar-refractivity contribution in [2.75, 3.05) is 13.6 Å². The quantitative estimate of drug-likeness (QED) is 0.509. The summed E-state index contributed by atoms with van der Waals surface area (Å²) in [6.07, 6.45) is 5.78. The van der Waals surface area contributed by atoms with Gasteiger partial charge in [-0.3, -0.25) is 5.01 Å². The van der Waals surface area contributed by atoms with E-state index in [2.05, 4.69) is 5.43 Å². The molecule has 9 heavy (non-hydrogen) atoms. The van der Waals surface area contributed by atoms with E-state index < -0.39 is 0 Å². The maximum atomic E-state index is 5.39. The lowest BCUT2D eigenvalue weighted by atomic mass is 10.3. The molecular weight excluding hydrogens is 114 g/mol. The Morgan fingerprint density at radius 2 is 2.56 bits per heavy atom. The molecule has 0 amide bonds. The van der Waals surface area contributed by atoms with Crippen LogP contribution in [0.4, 0.5) is 0 Å². The Hall–Kier alpha value is -0.960. The molecule has 0 unspecified atom stereocenters. The zero-order chi connectivity index (χ0) is 6.69. The summed E-state index contributed by atoms with van der Waals surface area (Å²) < 4.78 is 0. The zero-order valence-electron chi connectivity index (χ0n) is 5.46. The molecule has 3 N–H and O–H groups in total. The summed E-state index contributed by atoms with van der Waals surface area (Å²) in [6.45, 7) is 0.600. The van der Waals surface area contributed by atoms with Gasteiger partial charge in [0.1, 0.15) is 0 Å². The second-order valence-corrected chi connectivity index (χ2v) is 1.98. The van der Waals surface area contributed by atoms with Crippen molar-refractivity contribution in [1.29, 1.82) is 0 Å². The molecule has 0 saturated carbocycles. The molecule has 0 fully saturated rings.